The molecule has 0 unspecified atom stereocenters. The molecule has 0 saturated carbocycles. The van der Waals surface area contributed by atoms with Crippen molar-refractivity contribution in [3.05, 3.63) is 60.6 Å². The SMILES string of the molecule is O=c1c(Br)c(Cl)ncn1Cc1ccc(Br)cc1. The number of hydrogen-bond donors (Lipinski definition) is 0. The summed E-state index contributed by atoms with van der Waals surface area (Å²) in [6, 6.07) is 7.75. The molecule has 2 aromatic rings. The van der Waals surface area contributed by atoms with Crippen molar-refractivity contribution in [1.29, 1.82) is 0 Å². The second-order valence-corrected chi connectivity index (χ2v) is 5.48. The van der Waals surface area contributed by atoms with Crippen LogP contribution in [-0.4, -0.2) is 9.55 Å². The van der Waals surface area contributed by atoms with E-state index < -0.39 is 0 Å². The van der Waals surface area contributed by atoms with Crippen molar-refractivity contribution in [2.24, 2.45) is 0 Å². The molecule has 0 bridgehead atoms. The van der Waals surface area contributed by atoms with E-state index in [-0.39, 0.29) is 10.7 Å². The number of aromatic nitrogens is 2. The Balaban J connectivity index is 2.34. The summed E-state index contributed by atoms with van der Waals surface area (Å²) in [6.07, 6.45) is 1.44. The van der Waals surface area contributed by atoms with Crippen molar-refractivity contribution in [2.75, 3.05) is 0 Å². The van der Waals surface area contributed by atoms with Crippen molar-refractivity contribution in [2.45, 2.75) is 6.54 Å². The molecule has 0 fully saturated rings. The molecule has 88 valence electrons. The van der Waals surface area contributed by atoms with Gasteiger partial charge in [0.1, 0.15) is 4.47 Å². The Morgan fingerprint density at radius 3 is 2.53 bits per heavy atom. The molecule has 1 heterocycles. The molecule has 6 heteroatoms. The number of nitrogens with zero attached hydrogens (tertiary/aromatic N) is 2. The van der Waals surface area contributed by atoms with Crippen LogP contribution in [0, 0.1) is 0 Å². The quantitative estimate of drug-likeness (QED) is 0.750. The predicted molar refractivity (Wildman–Crippen MR) is 74.5 cm³/mol. The maximum Gasteiger partial charge on any atom is 0.269 e. The van der Waals surface area contributed by atoms with E-state index in [0.29, 0.717) is 11.0 Å². The lowest BCUT2D eigenvalue weighted by Crippen LogP contribution is -2.21. The molecule has 2 rings (SSSR count). The van der Waals surface area contributed by atoms with Gasteiger partial charge in [0.2, 0.25) is 0 Å². The van der Waals surface area contributed by atoms with Gasteiger partial charge in [-0.15, -0.1) is 0 Å². The van der Waals surface area contributed by atoms with E-state index in [1.165, 1.54) is 10.9 Å². The predicted octanol–water partition coefficient (Wildman–Crippen LogP) is 3.47. The maximum absolute atomic E-state index is 11.8. The van der Waals surface area contributed by atoms with Gasteiger partial charge in [0.15, 0.2) is 5.15 Å². The second kappa shape index (κ2) is 5.33. The smallest absolute Gasteiger partial charge is 0.269 e. The summed E-state index contributed by atoms with van der Waals surface area (Å²) in [5.74, 6) is 0. The molecule has 0 N–H and O–H groups in total. The average molecular weight is 378 g/mol. The fourth-order valence-corrected chi connectivity index (χ4v) is 2.06. The lowest BCUT2D eigenvalue weighted by atomic mass is 10.2. The normalized spacial score (nSPS) is 10.5. The topological polar surface area (TPSA) is 34.9 Å². The Kier molecular flexibility index (Phi) is 4.01. The summed E-state index contributed by atoms with van der Waals surface area (Å²) in [5.41, 5.74) is 0.833. The molecule has 1 aromatic heterocycles. The molecule has 0 amide bonds. The first kappa shape index (κ1) is 12.8. The highest BCUT2D eigenvalue weighted by Gasteiger charge is 2.07. The molecular weight excluding hydrogens is 371 g/mol. The Morgan fingerprint density at radius 1 is 1.24 bits per heavy atom. The van der Waals surface area contributed by atoms with Gasteiger partial charge in [0.25, 0.3) is 5.56 Å². The molecule has 0 aliphatic heterocycles. The monoisotopic (exact) mass is 376 g/mol. The van der Waals surface area contributed by atoms with E-state index in [1.54, 1.807) is 0 Å². The zero-order valence-corrected chi connectivity index (χ0v) is 12.5. The third-order valence-corrected chi connectivity index (χ3v) is 3.96. The van der Waals surface area contributed by atoms with Gasteiger partial charge in [-0.3, -0.25) is 9.36 Å². The number of rotatable bonds is 2. The summed E-state index contributed by atoms with van der Waals surface area (Å²) in [7, 11) is 0. The van der Waals surface area contributed by atoms with Crippen LogP contribution in [0.4, 0.5) is 0 Å². The van der Waals surface area contributed by atoms with E-state index in [4.69, 9.17) is 11.6 Å². The molecule has 0 aliphatic rings. The summed E-state index contributed by atoms with van der Waals surface area (Å²) < 4.78 is 2.79. The molecule has 0 spiro atoms. The van der Waals surface area contributed by atoms with Gasteiger partial charge in [-0.05, 0) is 33.6 Å². The minimum Gasteiger partial charge on any atom is -0.294 e. The van der Waals surface area contributed by atoms with Crippen LogP contribution in [0.3, 0.4) is 0 Å². The Bertz CT molecular complexity index is 595. The molecule has 0 radical (unpaired) electrons. The summed E-state index contributed by atoms with van der Waals surface area (Å²) >= 11 is 12.2. The maximum atomic E-state index is 11.8. The van der Waals surface area contributed by atoms with Gasteiger partial charge >= 0.3 is 0 Å². The van der Waals surface area contributed by atoms with Gasteiger partial charge < -0.3 is 0 Å². The highest BCUT2D eigenvalue weighted by Crippen LogP contribution is 2.15. The van der Waals surface area contributed by atoms with Crippen LogP contribution >= 0.6 is 43.5 Å². The van der Waals surface area contributed by atoms with E-state index in [0.717, 1.165) is 10.0 Å². The van der Waals surface area contributed by atoms with Gasteiger partial charge in [0, 0.05) is 4.47 Å². The molecule has 3 nitrogen and oxygen atoms in total. The van der Waals surface area contributed by atoms with Crippen LogP contribution in [0.5, 0.6) is 0 Å². The fourth-order valence-electron chi connectivity index (χ4n) is 1.34. The van der Waals surface area contributed by atoms with Crippen LogP contribution in [0.15, 0.2) is 44.3 Å². The molecule has 17 heavy (non-hydrogen) atoms. The lowest BCUT2D eigenvalue weighted by Gasteiger charge is -2.06. The van der Waals surface area contributed by atoms with Crippen LogP contribution in [0.2, 0.25) is 5.15 Å². The molecule has 1 aromatic carbocycles. The van der Waals surface area contributed by atoms with E-state index in [1.807, 2.05) is 24.3 Å². The second-order valence-electron chi connectivity index (χ2n) is 3.41. The Morgan fingerprint density at radius 2 is 1.88 bits per heavy atom. The fraction of sp³-hybridized carbons (Fsp3) is 0.0909. The number of benzene rings is 1. The zero-order chi connectivity index (χ0) is 12.4. The van der Waals surface area contributed by atoms with Crippen molar-refractivity contribution in [3.8, 4) is 0 Å². The summed E-state index contributed by atoms with van der Waals surface area (Å²) in [4.78, 5) is 15.8. The standard InChI is InChI=1S/C11H7Br2ClN2O/c12-8-3-1-7(2-4-8)5-16-6-15-10(14)9(13)11(16)17/h1-4,6H,5H2. The minimum absolute atomic E-state index is 0.182. The van der Waals surface area contributed by atoms with Crippen LogP contribution in [-0.2, 0) is 6.54 Å². The van der Waals surface area contributed by atoms with Crippen LogP contribution in [0.25, 0.3) is 0 Å². The number of halogens is 3. The van der Waals surface area contributed by atoms with E-state index in [2.05, 4.69) is 36.8 Å². The third kappa shape index (κ3) is 2.97. The van der Waals surface area contributed by atoms with Gasteiger partial charge in [0.05, 0.1) is 12.9 Å². The summed E-state index contributed by atoms with van der Waals surface area (Å²) in [6.45, 7) is 0.467. The van der Waals surface area contributed by atoms with Crippen LogP contribution < -0.4 is 5.56 Å². The molecular formula is C11H7Br2ClN2O. The first-order valence-corrected chi connectivity index (χ1v) is 6.69. The van der Waals surface area contributed by atoms with Gasteiger partial charge in [-0.1, -0.05) is 39.7 Å². The Hall–Kier alpha value is -0.650. The van der Waals surface area contributed by atoms with Crippen molar-refractivity contribution < 1.29 is 0 Å². The highest BCUT2D eigenvalue weighted by atomic mass is 79.9. The van der Waals surface area contributed by atoms with Crippen molar-refractivity contribution in [3.63, 3.8) is 0 Å². The van der Waals surface area contributed by atoms with Gasteiger partial charge in [-0.2, -0.15) is 0 Å². The van der Waals surface area contributed by atoms with Gasteiger partial charge in [-0.25, -0.2) is 4.98 Å². The first-order valence-electron chi connectivity index (χ1n) is 4.73. The van der Waals surface area contributed by atoms with E-state index in [9.17, 15) is 4.79 Å². The highest BCUT2D eigenvalue weighted by molar-refractivity contribution is 9.10. The summed E-state index contributed by atoms with van der Waals surface area (Å²) in [5, 5.41) is 0.182. The zero-order valence-electron chi connectivity index (χ0n) is 8.53. The van der Waals surface area contributed by atoms with Crippen molar-refractivity contribution in [1.82, 2.24) is 9.55 Å². The lowest BCUT2D eigenvalue weighted by molar-refractivity contribution is 0.731. The van der Waals surface area contributed by atoms with Crippen LogP contribution in [0.1, 0.15) is 5.56 Å². The Labute approximate surface area is 120 Å². The molecule has 0 aliphatic carbocycles. The molecule has 0 atom stereocenters. The minimum atomic E-state index is -0.187. The van der Waals surface area contributed by atoms with Crippen molar-refractivity contribution >= 4 is 43.5 Å². The number of hydrogen-bond acceptors (Lipinski definition) is 2. The largest absolute Gasteiger partial charge is 0.294 e. The first-order chi connectivity index (χ1) is 8.08. The third-order valence-electron chi connectivity index (χ3n) is 2.21. The average Bonchev–Trinajstić information content (AvgIpc) is 2.33. The van der Waals surface area contributed by atoms with E-state index >= 15 is 0 Å². The molecule has 0 saturated heterocycles.